The third-order valence-corrected chi connectivity index (χ3v) is 5.30. The normalized spacial score (nSPS) is 10.8. The number of carbonyl (C=O) groups excluding carboxylic acids is 1. The highest BCUT2D eigenvalue weighted by atomic mass is 32.1. The van der Waals surface area contributed by atoms with E-state index < -0.39 is 0 Å². The summed E-state index contributed by atoms with van der Waals surface area (Å²) in [6.45, 7) is 3.92. The number of carbonyl (C=O) groups is 1. The Morgan fingerprint density at radius 3 is 2.79 bits per heavy atom. The molecule has 2 aromatic carbocycles. The van der Waals surface area contributed by atoms with Gasteiger partial charge in [0.05, 0.1) is 0 Å². The number of pyridine rings is 1. The summed E-state index contributed by atoms with van der Waals surface area (Å²) in [7, 11) is 0. The molecule has 6 heteroatoms. The van der Waals surface area contributed by atoms with E-state index in [1.807, 2.05) is 68.4 Å². The Morgan fingerprint density at radius 2 is 2.00 bits per heavy atom. The SMILES string of the molecule is Cc1cccc(OCC(=O)Nc2ccc(-c3nc4cccnc4s3)cc2C)c1. The van der Waals surface area contributed by atoms with Gasteiger partial charge in [0, 0.05) is 17.4 Å². The van der Waals surface area contributed by atoms with Crippen molar-refractivity contribution in [2.75, 3.05) is 11.9 Å². The highest BCUT2D eigenvalue weighted by Crippen LogP contribution is 2.31. The van der Waals surface area contributed by atoms with Crippen LogP contribution in [0.3, 0.4) is 0 Å². The third kappa shape index (κ3) is 4.02. The molecule has 0 spiro atoms. The Hall–Kier alpha value is -3.25. The van der Waals surface area contributed by atoms with Crippen molar-refractivity contribution in [3.63, 3.8) is 0 Å². The molecule has 0 saturated heterocycles. The Morgan fingerprint density at radius 1 is 1.11 bits per heavy atom. The van der Waals surface area contributed by atoms with E-state index in [1.165, 1.54) is 0 Å². The van der Waals surface area contributed by atoms with E-state index in [9.17, 15) is 4.79 Å². The Balaban J connectivity index is 1.44. The maximum Gasteiger partial charge on any atom is 0.262 e. The van der Waals surface area contributed by atoms with Gasteiger partial charge in [-0.2, -0.15) is 0 Å². The molecule has 0 radical (unpaired) electrons. The van der Waals surface area contributed by atoms with Crippen molar-refractivity contribution in [2.24, 2.45) is 0 Å². The average Bonchev–Trinajstić information content (AvgIpc) is 3.12. The predicted octanol–water partition coefficient (Wildman–Crippen LogP) is 4.99. The molecule has 140 valence electrons. The molecular formula is C22H19N3O2S. The van der Waals surface area contributed by atoms with Crippen molar-refractivity contribution in [3.8, 4) is 16.3 Å². The van der Waals surface area contributed by atoms with E-state index in [0.29, 0.717) is 5.75 Å². The van der Waals surface area contributed by atoms with Crippen LogP contribution >= 0.6 is 11.3 Å². The van der Waals surface area contributed by atoms with Crippen LogP contribution in [0.4, 0.5) is 5.69 Å². The molecule has 2 heterocycles. The average molecular weight is 389 g/mol. The van der Waals surface area contributed by atoms with Crippen molar-refractivity contribution in [2.45, 2.75) is 13.8 Å². The zero-order valence-corrected chi connectivity index (χ0v) is 16.4. The molecule has 2 aromatic heterocycles. The number of hydrogen-bond acceptors (Lipinski definition) is 5. The Bertz CT molecular complexity index is 1120. The van der Waals surface area contributed by atoms with Crippen LogP contribution in [0.15, 0.2) is 60.8 Å². The van der Waals surface area contributed by atoms with Crippen LogP contribution < -0.4 is 10.1 Å². The number of thiazole rings is 1. The lowest BCUT2D eigenvalue weighted by Gasteiger charge is -2.11. The van der Waals surface area contributed by atoms with Crippen LogP contribution in [0.2, 0.25) is 0 Å². The maximum atomic E-state index is 12.2. The first kappa shape index (κ1) is 18.1. The smallest absolute Gasteiger partial charge is 0.262 e. The Kier molecular flexibility index (Phi) is 5.04. The fourth-order valence-electron chi connectivity index (χ4n) is 2.87. The second-order valence-electron chi connectivity index (χ2n) is 6.53. The molecule has 0 unspecified atom stereocenters. The summed E-state index contributed by atoms with van der Waals surface area (Å²) < 4.78 is 5.56. The molecule has 1 amide bonds. The van der Waals surface area contributed by atoms with Gasteiger partial charge in [-0.15, -0.1) is 0 Å². The van der Waals surface area contributed by atoms with E-state index in [1.54, 1.807) is 17.5 Å². The molecule has 0 aliphatic rings. The van der Waals surface area contributed by atoms with Gasteiger partial charge >= 0.3 is 0 Å². The second kappa shape index (κ2) is 7.78. The van der Waals surface area contributed by atoms with Crippen LogP contribution in [0, 0.1) is 13.8 Å². The quantitative estimate of drug-likeness (QED) is 0.522. The molecule has 4 rings (SSSR count). The first-order chi connectivity index (χ1) is 13.6. The van der Waals surface area contributed by atoms with Gasteiger partial charge in [0.25, 0.3) is 5.91 Å². The summed E-state index contributed by atoms with van der Waals surface area (Å²) in [5.41, 5.74) is 4.73. The first-order valence-electron chi connectivity index (χ1n) is 8.90. The fourth-order valence-corrected chi connectivity index (χ4v) is 3.77. The molecule has 0 saturated carbocycles. The number of hydrogen-bond donors (Lipinski definition) is 1. The standard InChI is InChI=1S/C22H19N3O2S/c1-14-5-3-6-17(11-14)27-13-20(26)24-18-9-8-16(12-15(18)2)21-25-19-7-4-10-23-22(19)28-21/h3-12H,13H2,1-2H3,(H,24,26). The van der Waals surface area contributed by atoms with Crippen molar-refractivity contribution in [3.05, 3.63) is 71.9 Å². The summed E-state index contributed by atoms with van der Waals surface area (Å²) in [5.74, 6) is 0.494. The summed E-state index contributed by atoms with van der Waals surface area (Å²) in [6.07, 6.45) is 1.77. The van der Waals surface area contributed by atoms with Crippen LogP contribution in [0.25, 0.3) is 20.9 Å². The van der Waals surface area contributed by atoms with E-state index in [-0.39, 0.29) is 12.5 Å². The highest BCUT2D eigenvalue weighted by molar-refractivity contribution is 7.21. The monoisotopic (exact) mass is 389 g/mol. The van der Waals surface area contributed by atoms with Gasteiger partial charge in [-0.3, -0.25) is 4.79 Å². The zero-order valence-electron chi connectivity index (χ0n) is 15.6. The molecular weight excluding hydrogens is 370 g/mol. The van der Waals surface area contributed by atoms with Gasteiger partial charge in [-0.05, 0) is 67.4 Å². The topological polar surface area (TPSA) is 64.1 Å². The third-order valence-electron chi connectivity index (χ3n) is 4.27. The molecule has 0 aliphatic carbocycles. The van der Waals surface area contributed by atoms with E-state index >= 15 is 0 Å². The number of ether oxygens (including phenoxy) is 1. The molecule has 1 N–H and O–H groups in total. The largest absolute Gasteiger partial charge is 0.484 e. The maximum absolute atomic E-state index is 12.2. The van der Waals surface area contributed by atoms with Gasteiger partial charge in [-0.1, -0.05) is 23.5 Å². The van der Waals surface area contributed by atoms with Gasteiger partial charge in [-0.25, -0.2) is 9.97 Å². The first-order valence-corrected chi connectivity index (χ1v) is 9.72. The number of nitrogens with zero attached hydrogens (tertiary/aromatic N) is 2. The number of amides is 1. The molecule has 0 atom stereocenters. The van der Waals surface area contributed by atoms with Crippen molar-refractivity contribution >= 4 is 33.3 Å². The minimum atomic E-state index is -0.193. The summed E-state index contributed by atoms with van der Waals surface area (Å²) >= 11 is 1.56. The number of rotatable bonds is 5. The second-order valence-corrected chi connectivity index (χ2v) is 7.51. The molecule has 28 heavy (non-hydrogen) atoms. The number of aromatic nitrogens is 2. The minimum Gasteiger partial charge on any atom is -0.484 e. The molecule has 0 bridgehead atoms. The fraction of sp³-hybridized carbons (Fsp3) is 0.136. The number of fused-ring (bicyclic) bond motifs is 1. The van der Waals surface area contributed by atoms with Crippen LogP contribution in [-0.4, -0.2) is 22.5 Å². The van der Waals surface area contributed by atoms with E-state index in [2.05, 4.69) is 15.3 Å². The van der Waals surface area contributed by atoms with Crippen molar-refractivity contribution in [1.82, 2.24) is 9.97 Å². The number of anilines is 1. The molecule has 5 nitrogen and oxygen atoms in total. The molecule has 0 aliphatic heterocycles. The van der Waals surface area contributed by atoms with Crippen LogP contribution in [0.5, 0.6) is 5.75 Å². The predicted molar refractivity (Wildman–Crippen MR) is 113 cm³/mol. The lowest BCUT2D eigenvalue weighted by atomic mass is 10.1. The van der Waals surface area contributed by atoms with E-state index in [4.69, 9.17) is 4.74 Å². The van der Waals surface area contributed by atoms with E-state index in [0.717, 1.165) is 37.7 Å². The lowest BCUT2D eigenvalue weighted by Crippen LogP contribution is -2.20. The molecule has 0 fully saturated rings. The number of aryl methyl sites for hydroxylation is 2. The highest BCUT2D eigenvalue weighted by Gasteiger charge is 2.10. The van der Waals surface area contributed by atoms with Crippen molar-refractivity contribution < 1.29 is 9.53 Å². The lowest BCUT2D eigenvalue weighted by molar-refractivity contribution is -0.118. The number of nitrogens with one attached hydrogen (secondary N) is 1. The zero-order chi connectivity index (χ0) is 19.5. The molecule has 4 aromatic rings. The Labute approximate surface area is 167 Å². The summed E-state index contributed by atoms with van der Waals surface area (Å²) in [6, 6.07) is 17.4. The van der Waals surface area contributed by atoms with Gasteiger partial charge in [0.15, 0.2) is 6.61 Å². The van der Waals surface area contributed by atoms with Gasteiger partial charge in [0.2, 0.25) is 0 Å². The van der Waals surface area contributed by atoms with Crippen LogP contribution in [-0.2, 0) is 4.79 Å². The minimum absolute atomic E-state index is 0.0335. The summed E-state index contributed by atoms with van der Waals surface area (Å²) in [5, 5.41) is 3.82. The van der Waals surface area contributed by atoms with Gasteiger partial charge in [0.1, 0.15) is 21.1 Å². The van der Waals surface area contributed by atoms with Gasteiger partial charge < -0.3 is 10.1 Å². The van der Waals surface area contributed by atoms with Crippen molar-refractivity contribution in [1.29, 1.82) is 0 Å². The number of benzene rings is 2. The summed E-state index contributed by atoms with van der Waals surface area (Å²) in [4.78, 5) is 22.1. The van der Waals surface area contributed by atoms with Crippen LogP contribution in [0.1, 0.15) is 11.1 Å².